The lowest BCUT2D eigenvalue weighted by Crippen LogP contribution is -2.28. The first kappa shape index (κ1) is 22.7. The molecule has 3 aromatic carbocycles. The highest BCUT2D eigenvalue weighted by atomic mass is 35.5. The molecule has 0 unspecified atom stereocenters. The molecule has 0 radical (unpaired) electrons. The largest absolute Gasteiger partial charge is 0.497 e. The monoisotopic (exact) mass is 489 g/mol. The van der Waals surface area contributed by atoms with E-state index < -0.39 is 0 Å². The summed E-state index contributed by atoms with van der Waals surface area (Å²) in [5.41, 5.74) is 2.15. The summed E-state index contributed by atoms with van der Waals surface area (Å²) in [7, 11) is 1.64. The Bertz CT molecular complexity index is 1290. The minimum Gasteiger partial charge on any atom is -0.497 e. The zero-order valence-electron chi connectivity index (χ0n) is 19.0. The van der Waals surface area contributed by atoms with Crippen molar-refractivity contribution < 1.29 is 14.3 Å². The summed E-state index contributed by atoms with van der Waals surface area (Å²) in [4.78, 5) is 17.0. The first-order valence-corrected chi connectivity index (χ1v) is 11.6. The molecule has 5 rings (SSSR count). The molecule has 4 aromatic rings. The van der Waals surface area contributed by atoms with Gasteiger partial charge in [0.25, 0.3) is 11.9 Å². The second kappa shape index (κ2) is 10.1. The SMILES string of the molecule is COc1ccc([C@@H]2C[C@H](c3ccc(Cl)cc3)Nc3nc(NC(=O)COc4ccccc4)nn32)cc1. The van der Waals surface area contributed by atoms with Gasteiger partial charge in [0.1, 0.15) is 11.5 Å². The molecule has 2 atom stereocenters. The number of halogens is 1. The summed E-state index contributed by atoms with van der Waals surface area (Å²) in [6.07, 6.45) is 0.731. The first-order chi connectivity index (χ1) is 17.1. The minimum atomic E-state index is -0.341. The van der Waals surface area contributed by atoms with E-state index in [4.69, 9.17) is 21.1 Å². The van der Waals surface area contributed by atoms with Gasteiger partial charge in [-0.15, -0.1) is 5.10 Å². The van der Waals surface area contributed by atoms with Gasteiger partial charge in [-0.1, -0.05) is 54.1 Å². The maximum absolute atomic E-state index is 12.5. The van der Waals surface area contributed by atoms with Gasteiger partial charge in [-0.3, -0.25) is 10.1 Å². The fourth-order valence-corrected chi connectivity index (χ4v) is 4.20. The molecule has 9 heteroatoms. The predicted molar refractivity (Wildman–Crippen MR) is 134 cm³/mol. The van der Waals surface area contributed by atoms with E-state index in [2.05, 4.69) is 20.7 Å². The smallest absolute Gasteiger partial charge is 0.264 e. The number of carbonyl (C=O) groups excluding carboxylic acids is 1. The number of fused-ring (bicyclic) bond motifs is 1. The van der Waals surface area contributed by atoms with Gasteiger partial charge in [-0.25, -0.2) is 4.68 Å². The number of benzene rings is 3. The lowest BCUT2D eigenvalue weighted by atomic mass is 9.93. The highest BCUT2D eigenvalue weighted by molar-refractivity contribution is 6.30. The molecule has 0 fully saturated rings. The number of hydrogen-bond acceptors (Lipinski definition) is 6. The van der Waals surface area contributed by atoms with Gasteiger partial charge in [0, 0.05) is 5.02 Å². The Balaban J connectivity index is 1.38. The molecule has 2 heterocycles. The molecule has 178 valence electrons. The van der Waals surface area contributed by atoms with Gasteiger partial charge < -0.3 is 14.8 Å². The van der Waals surface area contributed by atoms with Crippen LogP contribution in [0.1, 0.15) is 29.6 Å². The molecule has 2 N–H and O–H groups in total. The third kappa shape index (κ3) is 5.22. The van der Waals surface area contributed by atoms with Crippen LogP contribution in [0.5, 0.6) is 11.5 Å². The Hall–Kier alpha value is -4.04. The molecule has 8 nitrogen and oxygen atoms in total. The van der Waals surface area contributed by atoms with Crippen molar-refractivity contribution >= 4 is 29.4 Å². The minimum absolute atomic E-state index is 0.0129. The second-order valence-electron chi connectivity index (χ2n) is 8.13. The summed E-state index contributed by atoms with van der Waals surface area (Å²) in [6.45, 7) is -0.142. The number of rotatable bonds is 7. The Morgan fingerprint density at radius 1 is 1.03 bits per heavy atom. The highest BCUT2D eigenvalue weighted by Gasteiger charge is 2.31. The van der Waals surface area contributed by atoms with Gasteiger partial charge >= 0.3 is 0 Å². The average Bonchev–Trinajstić information content (AvgIpc) is 3.30. The van der Waals surface area contributed by atoms with Crippen LogP contribution in [0.4, 0.5) is 11.9 Å². The average molecular weight is 490 g/mol. The van der Waals surface area contributed by atoms with Gasteiger partial charge in [0.15, 0.2) is 6.61 Å². The quantitative estimate of drug-likeness (QED) is 0.375. The third-order valence-corrected chi connectivity index (χ3v) is 6.08. The number of anilines is 2. The maximum Gasteiger partial charge on any atom is 0.264 e. The topological polar surface area (TPSA) is 90.3 Å². The van der Waals surface area contributed by atoms with Crippen molar-refractivity contribution in [1.29, 1.82) is 0 Å². The van der Waals surface area contributed by atoms with E-state index in [-0.39, 0.29) is 30.5 Å². The van der Waals surface area contributed by atoms with E-state index in [9.17, 15) is 4.79 Å². The number of amides is 1. The number of hydrogen-bond donors (Lipinski definition) is 2. The Kier molecular flexibility index (Phi) is 6.54. The van der Waals surface area contributed by atoms with E-state index in [1.807, 2.05) is 71.4 Å². The van der Waals surface area contributed by atoms with Crippen LogP contribution in [-0.4, -0.2) is 34.4 Å². The summed E-state index contributed by atoms with van der Waals surface area (Å²) in [6, 6.07) is 24.7. The van der Waals surface area contributed by atoms with Crippen LogP contribution < -0.4 is 20.1 Å². The van der Waals surface area contributed by atoms with Crippen molar-refractivity contribution in [2.24, 2.45) is 0 Å². The molecule has 1 aliphatic rings. The van der Waals surface area contributed by atoms with Crippen LogP contribution in [0.2, 0.25) is 5.02 Å². The van der Waals surface area contributed by atoms with Crippen molar-refractivity contribution in [3.8, 4) is 11.5 Å². The molecule has 1 aliphatic heterocycles. The number of para-hydroxylation sites is 1. The third-order valence-electron chi connectivity index (χ3n) is 5.83. The van der Waals surface area contributed by atoms with Gasteiger partial charge in [-0.05, 0) is 53.9 Å². The molecule has 0 aliphatic carbocycles. The number of aromatic nitrogens is 3. The molecular formula is C26H24ClN5O3. The fourth-order valence-electron chi connectivity index (χ4n) is 4.07. The summed E-state index contributed by atoms with van der Waals surface area (Å²) in [5.74, 6) is 1.83. The summed E-state index contributed by atoms with van der Waals surface area (Å²) >= 11 is 6.09. The standard InChI is InChI=1S/C26H24ClN5O3/c1-34-20-13-9-18(10-14-20)23-15-22(17-7-11-19(27)12-8-17)28-26-30-25(31-32(23)26)29-24(33)16-35-21-5-3-2-4-6-21/h2-14,22-23H,15-16H2,1H3,(H2,28,29,30,31,33)/t22-,23+/m1/s1. The number of ether oxygens (including phenoxy) is 2. The summed E-state index contributed by atoms with van der Waals surface area (Å²) < 4.78 is 12.6. The molecule has 0 spiro atoms. The van der Waals surface area contributed by atoms with Crippen LogP contribution >= 0.6 is 11.6 Å². The van der Waals surface area contributed by atoms with Crippen LogP contribution in [0.25, 0.3) is 0 Å². The van der Waals surface area contributed by atoms with Crippen molar-refractivity contribution in [3.63, 3.8) is 0 Å². The fraction of sp³-hybridized carbons (Fsp3) is 0.192. The Morgan fingerprint density at radius 3 is 2.46 bits per heavy atom. The van der Waals surface area contributed by atoms with Crippen molar-refractivity contribution in [2.45, 2.75) is 18.5 Å². The molecule has 1 aromatic heterocycles. The molecule has 0 saturated carbocycles. The van der Waals surface area contributed by atoms with Crippen molar-refractivity contribution in [3.05, 3.63) is 95.0 Å². The zero-order chi connectivity index (χ0) is 24.2. The Labute approximate surface area is 207 Å². The van der Waals surface area contributed by atoms with Gasteiger partial charge in [0.05, 0.1) is 19.2 Å². The highest BCUT2D eigenvalue weighted by Crippen LogP contribution is 2.38. The van der Waals surface area contributed by atoms with E-state index in [1.165, 1.54) is 0 Å². The van der Waals surface area contributed by atoms with E-state index >= 15 is 0 Å². The zero-order valence-corrected chi connectivity index (χ0v) is 19.8. The predicted octanol–water partition coefficient (Wildman–Crippen LogP) is 5.10. The molecule has 35 heavy (non-hydrogen) atoms. The van der Waals surface area contributed by atoms with E-state index in [0.717, 1.165) is 23.3 Å². The van der Waals surface area contributed by atoms with E-state index in [1.54, 1.807) is 19.2 Å². The van der Waals surface area contributed by atoms with E-state index in [0.29, 0.717) is 16.7 Å². The van der Waals surface area contributed by atoms with Crippen LogP contribution in [0, 0.1) is 0 Å². The molecule has 0 bridgehead atoms. The van der Waals surface area contributed by atoms with Gasteiger partial charge in [0.2, 0.25) is 5.95 Å². The molecular weight excluding hydrogens is 466 g/mol. The number of nitrogens with zero attached hydrogens (tertiary/aromatic N) is 3. The maximum atomic E-state index is 12.5. The van der Waals surface area contributed by atoms with Crippen molar-refractivity contribution in [2.75, 3.05) is 24.4 Å². The lowest BCUT2D eigenvalue weighted by Gasteiger charge is -2.31. The molecule has 0 saturated heterocycles. The second-order valence-corrected chi connectivity index (χ2v) is 8.56. The van der Waals surface area contributed by atoms with Crippen molar-refractivity contribution in [1.82, 2.24) is 14.8 Å². The number of methoxy groups -OCH3 is 1. The first-order valence-electron chi connectivity index (χ1n) is 11.2. The normalized spacial score (nSPS) is 16.6. The summed E-state index contributed by atoms with van der Waals surface area (Å²) in [5, 5.41) is 11.5. The number of nitrogens with one attached hydrogen (secondary N) is 2. The number of carbonyl (C=O) groups is 1. The van der Waals surface area contributed by atoms with Crippen LogP contribution in [0.15, 0.2) is 78.9 Å². The Morgan fingerprint density at radius 2 is 1.74 bits per heavy atom. The van der Waals surface area contributed by atoms with Crippen LogP contribution in [-0.2, 0) is 4.79 Å². The van der Waals surface area contributed by atoms with Crippen LogP contribution in [0.3, 0.4) is 0 Å². The molecule has 1 amide bonds. The van der Waals surface area contributed by atoms with Gasteiger partial charge in [-0.2, -0.15) is 4.98 Å². The lowest BCUT2D eigenvalue weighted by molar-refractivity contribution is -0.118.